The molecule has 0 saturated heterocycles. The van der Waals surface area contributed by atoms with Gasteiger partial charge in [-0.15, -0.1) is 0 Å². The Hall–Kier alpha value is -2.47. The Morgan fingerprint density at radius 2 is 1.80 bits per heavy atom. The van der Waals surface area contributed by atoms with Crippen LogP contribution in [0.4, 0.5) is 5.69 Å². The number of nitrogens with one attached hydrogen (secondary N) is 1. The van der Waals surface area contributed by atoms with Crippen molar-refractivity contribution in [2.24, 2.45) is 0 Å². The zero-order valence-electron chi connectivity index (χ0n) is 14.5. The highest BCUT2D eigenvalue weighted by molar-refractivity contribution is 7.85. The highest BCUT2D eigenvalue weighted by Crippen LogP contribution is 2.18. The molecule has 2 aromatic carbocycles. The third-order valence-corrected chi connectivity index (χ3v) is 5.20. The summed E-state index contributed by atoms with van der Waals surface area (Å²) in [4.78, 5) is 24.7. The van der Waals surface area contributed by atoms with Crippen LogP contribution in [0.25, 0.3) is 0 Å². The van der Waals surface area contributed by atoms with Gasteiger partial charge in [0.2, 0.25) is 0 Å². The number of hydrogen-bond donors (Lipinski definition) is 1. The first-order valence-corrected chi connectivity index (χ1v) is 9.26. The normalized spacial score (nSPS) is 11.6. The van der Waals surface area contributed by atoms with E-state index in [1.165, 1.54) is 0 Å². The topological polar surface area (TPSA) is 72.5 Å². The number of amides is 1. The van der Waals surface area contributed by atoms with Crippen LogP contribution in [0.2, 0.25) is 0 Å². The Kier molecular flexibility index (Phi) is 6.47. The summed E-state index contributed by atoms with van der Waals surface area (Å²) in [6.45, 7) is 5.23. The van der Waals surface area contributed by atoms with Gasteiger partial charge in [-0.2, -0.15) is 0 Å². The zero-order valence-corrected chi connectivity index (χ0v) is 15.3. The minimum Gasteiger partial charge on any atom is -0.452 e. The van der Waals surface area contributed by atoms with Gasteiger partial charge in [-0.3, -0.25) is 9.00 Å². The van der Waals surface area contributed by atoms with Gasteiger partial charge in [-0.05, 0) is 43.2 Å². The molecule has 0 fully saturated rings. The van der Waals surface area contributed by atoms with Crippen LogP contribution >= 0.6 is 0 Å². The summed E-state index contributed by atoms with van der Waals surface area (Å²) in [5.74, 6) is -0.679. The number of ether oxygens (including phenoxy) is 1. The second kappa shape index (κ2) is 8.58. The molecule has 1 N–H and O–H groups in total. The lowest BCUT2D eigenvalue weighted by molar-refractivity contribution is -0.119. The van der Waals surface area contributed by atoms with E-state index in [0.29, 0.717) is 16.3 Å². The first-order valence-electron chi connectivity index (χ1n) is 7.94. The zero-order chi connectivity index (χ0) is 18.4. The minimum absolute atomic E-state index is 0.224. The molecule has 2 aromatic rings. The van der Waals surface area contributed by atoms with Crippen molar-refractivity contribution in [3.8, 4) is 0 Å². The molecule has 0 aromatic heterocycles. The highest BCUT2D eigenvalue weighted by atomic mass is 32.2. The van der Waals surface area contributed by atoms with E-state index in [1.54, 1.807) is 37.3 Å². The molecular formula is C19H21NO4S. The van der Waals surface area contributed by atoms with Crippen molar-refractivity contribution in [2.75, 3.05) is 17.7 Å². The molecule has 0 aliphatic carbocycles. The molecule has 1 unspecified atom stereocenters. The molecule has 5 nitrogen and oxygen atoms in total. The molecule has 0 radical (unpaired) electrons. The highest BCUT2D eigenvalue weighted by Gasteiger charge is 2.17. The van der Waals surface area contributed by atoms with Crippen LogP contribution in [-0.4, -0.2) is 28.4 Å². The van der Waals surface area contributed by atoms with Crippen LogP contribution in [0.5, 0.6) is 0 Å². The summed E-state index contributed by atoms with van der Waals surface area (Å²) < 4.78 is 17.1. The molecule has 6 heteroatoms. The monoisotopic (exact) mass is 359 g/mol. The third-order valence-electron chi connectivity index (χ3n) is 3.83. The second-order valence-corrected chi connectivity index (χ2v) is 7.21. The molecule has 0 aliphatic heterocycles. The molecule has 1 amide bonds. The largest absolute Gasteiger partial charge is 0.452 e. The van der Waals surface area contributed by atoms with Gasteiger partial charge in [0.1, 0.15) is 0 Å². The quantitative estimate of drug-likeness (QED) is 0.804. The van der Waals surface area contributed by atoms with E-state index < -0.39 is 29.3 Å². The van der Waals surface area contributed by atoms with Crippen LogP contribution in [0, 0.1) is 13.8 Å². The van der Waals surface area contributed by atoms with Crippen molar-refractivity contribution >= 4 is 28.4 Å². The lowest BCUT2D eigenvalue weighted by Crippen LogP contribution is -2.22. The second-order valence-electron chi connectivity index (χ2n) is 5.50. The maximum Gasteiger partial charge on any atom is 0.339 e. The number of hydrogen-bond acceptors (Lipinski definition) is 4. The Morgan fingerprint density at radius 3 is 2.52 bits per heavy atom. The molecule has 1 atom stereocenters. The molecule has 0 bridgehead atoms. The third kappa shape index (κ3) is 4.76. The molecule has 0 saturated carbocycles. The Balaban J connectivity index is 2.02. The summed E-state index contributed by atoms with van der Waals surface area (Å²) in [6, 6.07) is 12.2. The summed E-state index contributed by atoms with van der Waals surface area (Å²) in [6.07, 6.45) is 0. The molecule has 2 rings (SSSR count). The molecular weight excluding hydrogens is 338 g/mol. The predicted molar refractivity (Wildman–Crippen MR) is 98.2 cm³/mol. The number of anilines is 1. The van der Waals surface area contributed by atoms with Gasteiger partial charge in [0, 0.05) is 11.4 Å². The summed E-state index contributed by atoms with van der Waals surface area (Å²) in [5, 5.41) is 2.73. The number of benzene rings is 2. The maximum atomic E-state index is 12.2. The lowest BCUT2D eigenvalue weighted by Gasteiger charge is -2.11. The minimum atomic E-state index is -1.28. The number of aryl methyl sites for hydroxylation is 1. The molecule has 0 spiro atoms. The number of carbonyl (C=O) groups excluding carboxylic acids is 2. The Morgan fingerprint density at radius 1 is 1.08 bits per heavy atom. The first kappa shape index (κ1) is 18.9. The Labute approximate surface area is 149 Å². The summed E-state index contributed by atoms with van der Waals surface area (Å²) >= 11 is 0. The van der Waals surface area contributed by atoms with Crippen molar-refractivity contribution in [1.82, 2.24) is 0 Å². The standard InChI is InChI=1S/C19H21NO4S/c1-4-25(23)17-11-6-5-9-15(17)19(22)24-12-18(21)20-16-10-7-8-13(2)14(16)3/h5-11H,4,12H2,1-3H3,(H,20,21). The lowest BCUT2D eigenvalue weighted by atomic mass is 10.1. The molecule has 132 valence electrons. The van der Waals surface area contributed by atoms with Gasteiger partial charge in [-0.25, -0.2) is 4.79 Å². The van der Waals surface area contributed by atoms with Crippen LogP contribution in [-0.2, 0) is 20.3 Å². The van der Waals surface area contributed by atoms with Gasteiger partial charge < -0.3 is 10.1 Å². The van der Waals surface area contributed by atoms with E-state index in [4.69, 9.17) is 4.74 Å². The summed E-state index contributed by atoms with van der Waals surface area (Å²) in [7, 11) is -1.28. The average molecular weight is 359 g/mol. The van der Waals surface area contributed by atoms with E-state index in [0.717, 1.165) is 11.1 Å². The van der Waals surface area contributed by atoms with Crippen LogP contribution in [0.15, 0.2) is 47.4 Å². The fraction of sp³-hybridized carbons (Fsp3) is 0.263. The molecule has 0 heterocycles. The van der Waals surface area contributed by atoms with Gasteiger partial charge in [0.05, 0.1) is 21.3 Å². The van der Waals surface area contributed by atoms with Gasteiger partial charge in [-0.1, -0.05) is 31.2 Å². The molecule has 25 heavy (non-hydrogen) atoms. The van der Waals surface area contributed by atoms with E-state index in [9.17, 15) is 13.8 Å². The van der Waals surface area contributed by atoms with Crippen molar-refractivity contribution in [3.05, 3.63) is 59.2 Å². The van der Waals surface area contributed by atoms with Gasteiger partial charge in [0.25, 0.3) is 5.91 Å². The smallest absolute Gasteiger partial charge is 0.339 e. The van der Waals surface area contributed by atoms with Gasteiger partial charge >= 0.3 is 5.97 Å². The van der Waals surface area contributed by atoms with E-state index in [-0.39, 0.29) is 5.56 Å². The van der Waals surface area contributed by atoms with Crippen LogP contribution in [0.3, 0.4) is 0 Å². The number of rotatable bonds is 6. The molecule has 0 aliphatic rings. The Bertz CT molecular complexity index is 817. The fourth-order valence-electron chi connectivity index (χ4n) is 2.27. The first-order chi connectivity index (χ1) is 11.9. The van der Waals surface area contributed by atoms with Crippen molar-refractivity contribution in [3.63, 3.8) is 0 Å². The maximum absolute atomic E-state index is 12.2. The average Bonchev–Trinajstić information content (AvgIpc) is 2.63. The van der Waals surface area contributed by atoms with Crippen LogP contribution < -0.4 is 5.32 Å². The summed E-state index contributed by atoms with van der Waals surface area (Å²) in [5.41, 5.74) is 2.94. The van der Waals surface area contributed by atoms with Crippen LogP contribution in [0.1, 0.15) is 28.4 Å². The van der Waals surface area contributed by atoms with E-state index >= 15 is 0 Å². The number of carbonyl (C=O) groups is 2. The van der Waals surface area contributed by atoms with Gasteiger partial charge in [0.15, 0.2) is 6.61 Å². The fourth-order valence-corrected chi connectivity index (χ4v) is 3.21. The van der Waals surface area contributed by atoms with Crippen molar-refractivity contribution < 1.29 is 18.5 Å². The van der Waals surface area contributed by atoms with Crippen molar-refractivity contribution in [2.45, 2.75) is 25.7 Å². The van der Waals surface area contributed by atoms with Crippen molar-refractivity contribution in [1.29, 1.82) is 0 Å². The van der Waals surface area contributed by atoms with E-state index in [2.05, 4.69) is 5.32 Å². The SMILES string of the molecule is CCS(=O)c1ccccc1C(=O)OCC(=O)Nc1cccc(C)c1C. The number of esters is 1. The van der Waals surface area contributed by atoms with E-state index in [1.807, 2.05) is 26.0 Å². The predicted octanol–water partition coefficient (Wildman–Crippen LogP) is 3.23.